The zero-order valence-corrected chi connectivity index (χ0v) is 8.76. The van der Waals surface area contributed by atoms with E-state index in [1.165, 1.54) is 0 Å². The van der Waals surface area contributed by atoms with Gasteiger partial charge in [-0.2, -0.15) is 0 Å². The van der Waals surface area contributed by atoms with Gasteiger partial charge in [0.1, 0.15) is 0 Å². The Morgan fingerprint density at radius 2 is 1.94 bits per heavy atom. The predicted octanol–water partition coefficient (Wildman–Crippen LogP) is 2.01. The SMILES string of the molecule is O=[11C](NCc1ccccc1)c1cccnc1. The summed E-state index contributed by atoms with van der Waals surface area (Å²) in [5.74, 6) is -0.100. The normalized spacial score (nSPS) is 9.75. The zero-order chi connectivity index (χ0) is 11.2. The van der Waals surface area contributed by atoms with E-state index in [0.717, 1.165) is 5.56 Å². The highest BCUT2D eigenvalue weighted by Crippen LogP contribution is 1.99. The summed E-state index contributed by atoms with van der Waals surface area (Å²) in [6.45, 7) is 0.536. The Bertz CT molecular complexity index is 454. The molecule has 0 saturated carbocycles. The van der Waals surface area contributed by atoms with Crippen molar-refractivity contribution >= 4 is 5.91 Å². The number of hydrogen-bond acceptors (Lipinski definition) is 2. The Balaban J connectivity index is 1.95. The maximum atomic E-state index is 11.7. The second kappa shape index (κ2) is 5.07. The molecule has 0 fully saturated rings. The summed E-state index contributed by atoms with van der Waals surface area (Å²) in [7, 11) is 0. The van der Waals surface area contributed by atoms with E-state index in [9.17, 15) is 4.79 Å². The molecule has 3 nitrogen and oxygen atoms in total. The van der Waals surface area contributed by atoms with Gasteiger partial charge in [-0.15, -0.1) is 0 Å². The number of rotatable bonds is 3. The molecule has 0 aliphatic heterocycles. The van der Waals surface area contributed by atoms with E-state index in [1.807, 2.05) is 30.3 Å². The van der Waals surface area contributed by atoms with Crippen molar-refractivity contribution in [1.29, 1.82) is 0 Å². The molecule has 0 spiro atoms. The molecular weight excluding hydrogens is 199 g/mol. The van der Waals surface area contributed by atoms with Crippen LogP contribution in [0.3, 0.4) is 0 Å². The zero-order valence-electron chi connectivity index (χ0n) is 8.76. The molecule has 2 aromatic rings. The third kappa shape index (κ3) is 2.67. The largest absolute Gasteiger partial charge is 0.348 e. The lowest BCUT2D eigenvalue weighted by molar-refractivity contribution is 0.0950. The Morgan fingerprint density at radius 3 is 2.62 bits per heavy atom. The highest BCUT2D eigenvalue weighted by atomic mass is 16.1. The first kappa shape index (κ1) is 10.4. The van der Waals surface area contributed by atoms with Crippen LogP contribution < -0.4 is 5.32 Å². The van der Waals surface area contributed by atoms with Crippen molar-refractivity contribution in [2.24, 2.45) is 0 Å². The van der Waals surface area contributed by atoms with Gasteiger partial charge in [0.25, 0.3) is 5.91 Å². The van der Waals surface area contributed by atoms with Gasteiger partial charge in [-0.05, 0) is 17.7 Å². The first-order valence-electron chi connectivity index (χ1n) is 5.08. The monoisotopic (exact) mass is 211 g/mol. The summed E-state index contributed by atoms with van der Waals surface area (Å²) in [6.07, 6.45) is 3.20. The molecule has 0 atom stereocenters. The van der Waals surface area contributed by atoms with E-state index in [2.05, 4.69) is 10.3 Å². The van der Waals surface area contributed by atoms with Crippen LogP contribution >= 0.6 is 0 Å². The molecule has 1 heterocycles. The van der Waals surface area contributed by atoms with Gasteiger partial charge in [-0.1, -0.05) is 30.3 Å². The number of aromatic nitrogens is 1. The summed E-state index contributed by atoms with van der Waals surface area (Å²) in [4.78, 5) is 15.6. The van der Waals surface area contributed by atoms with Crippen LogP contribution in [0, 0.1) is 0 Å². The van der Waals surface area contributed by atoms with Crippen LogP contribution in [-0.4, -0.2) is 10.9 Å². The van der Waals surface area contributed by atoms with Crippen molar-refractivity contribution in [3.63, 3.8) is 0 Å². The van der Waals surface area contributed by atoms with Crippen molar-refractivity contribution < 1.29 is 4.79 Å². The lowest BCUT2D eigenvalue weighted by atomic mass is 9.90. The molecule has 2 rings (SSSR count). The fraction of sp³-hybridized carbons (Fsp3) is 0.0769. The van der Waals surface area contributed by atoms with Gasteiger partial charge >= 0.3 is 0 Å². The molecule has 1 N–H and O–H groups in total. The Hall–Kier alpha value is -2.16. The van der Waals surface area contributed by atoms with Gasteiger partial charge in [0.2, 0.25) is 0 Å². The minimum atomic E-state index is -0.100. The number of carbonyl (C=O) groups is 1. The summed E-state index contributed by atoms with van der Waals surface area (Å²) in [5, 5.41) is 2.84. The number of pyridine rings is 1. The maximum absolute atomic E-state index is 11.7. The van der Waals surface area contributed by atoms with Crippen LogP contribution in [0.25, 0.3) is 0 Å². The van der Waals surface area contributed by atoms with E-state index in [-0.39, 0.29) is 5.91 Å². The Morgan fingerprint density at radius 1 is 1.12 bits per heavy atom. The quantitative estimate of drug-likeness (QED) is 0.843. The maximum Gasteiger partial charge on any atom is 0.253 e. The third-order valence-electron chi connectivity index (χ3n) is 2.22. The number of nitrogens with one attached hydrogen (secondary N) is 1. The second-order valence-corrected chi connectivity index (χ2v) is 3.41. The van der Waals surface area contributed by atoms with Gasteiger partial charge in [0.05, 0.1) is 5.56 Å². The first-order chi connectivity index (χ1) is 7.86. The summed E-state index contributed by atoms with van der Waals surface area (Å²) >= 11 is 0. The average Bonchev–Trinajstić information content (AvgIpc) is 2.38. The van der Waals surface area contributed by atoms with Gasteiger partial charge in [0, 0.05) is 18.9 Å². The number of amides is 1. The minimum absolute atomic E-state index is 0.100. The second-order valence-electron chi connectivity index (χ2n) is 3.41. The Labute approximate surface area is 94.1 Å². The number of nitrogens with zero attached hydrogens (tertiary/aromatic N) is 1. The molecule has 1 aromatic heterocycles. The Kier molecular flexibility index (Phi) is 3.28. The van der Waals surface area contributed by atoms with Crippen LogP contribution in [-0.2, 0) is 6.54 Å². The van der Waals surface area contributed by atoms with Crippen molar-refractivity contribution in [3.05, 3.63) is 66.0 Å². The van der Waals surface area contributed by atoms with Crippen molar-refractivity contribution in [1.82, 2.24) is 10.3 Å². The van der Waals surface area contributed by atoms with Crippen molar-refractivity contribution in [2.45, 2.75) is 6.54 Å². The summed E-state index contributed by atoms with van der Waals surface area (Å²) < 4.78 is 0. The molecule has 0 unspecified atom stereocenters. The lowest BCUT2D eigenvalue weighted by Crippen LogP contribution is -2.22. The highest BCUT2D eigenvalue weighted by Gasteiger charge is 2.03. The van der Waals surface area contributed by atoms with Crippen LogP contribution in [0.5, 0.6) is 0 Å². The van der Waals surface area contributed by atoms with Gasteiger partial charge in [-0.3, -0.25) is 9.78 Å². The average molecular weight is 211 g/mol. The molecule has 1 aromatic carbocycles. The first-order valence-corrected chi connectivity index (χ1v) is 5.08. The smallest absolute Gasteiger partial charge is 0.253 e. The van der Waals surface area contributed by atoms with E-state index in [0.29, 0.717) is 12.1 Å². The minimum Gasteiger partial charge on any atom is -0.348 e. The number of carbonyl (C=O) groups excluding carboxylic acids is 1. The van der Waals surface area contributed by atoms with E-state index < -0.39 is 0 Å². The standard InChI is InChI=1S/C13H12N2O/c16-13(12-7-4-8-14-10-12)15-9-11-5-2-1-3-6-11/h1-8,10H,9H2,(H,15,16)/i13-1. The number of hydrogen-bond donors (Lipinski definition) is 1. The van der Waals surface area contributed by atoms with Gasteiger partial charge in [0.15, 0.2) is 0 Å². The van der Waals surface area contributed by atoms with Crippen molar-refractivity contribution in [2.75, 3.05) is 0 Å². The van der Waals surface area contributed by atoms with E-state index in [1.54, 1.807) is 24.5 Å². The molecule has 0 bridgehead atoms. The molecule has 3 heteroatoms. The molecule has 0 aliphatic rings. The molecule has 0 radical (unpaired) electrons. The summed E-state index contributed by atoms with van der Waals surface area (Å²) in [5.41, 5.74) is 1.66. The molecular formula is C13H12N2O. The number of benzene rings is 1. The van der Waals surface area contributed by atoms with Gasteiger partial charge in [-0.25, -0.2) is 0 Å². The lowest BCUT2D eigenvalue weighted by Gasteiger charge is -2.04. The third-order valence-corrected chi connectivity index (χ3v) is 2.22. The molecule has 80 valence electrons. The molecule has 0 saturated heterocycles. The topological polar surface area (TPSA) is 42.0 Å². The predicted molar refractivity (Wildman–Crippen MR) is 61.8 cm³/mol. The summed E-state index contributed by atoms with van der Waals surface area (Å²) in [6, 6.07) is 13.3. The molecule has 0 aliphatic carbocycles. The molecule has 16 heavy (non-hydrogen) atoms. The van der Waals surface area contributed by atoms with E-state index >= 15 is 0 Å². The van der Waals surface area contributed by atoms with E-state index in [4.69, 9.17) is 0 Å². The fourth-order valence-electron chi connectivity index (χ4n) is 1.38. The van der Waals surface area contributed by atoms with Crippen LogP contribution in [0.15, 0.2) is 54.9 Å². The van der Waals surface area contributed by atoms with Crippen molar-refractivity contribution in [3.8, 4) is 0 Å². The highest BCUT2D eigenvalue weighted by molar-refractivity contribution is 5.93. The van der Waals surface area contributed by atoms with Crippen LogP contribution in [0.4, 0.5) is 0 Å². The van der Waals surface area contributed by atoms with Gasteiger partial charge < -0.3 is 5.32 Å². The molecule has 1 amide bonds. The van der Waals surface area contributed by atoms with Crippen LogP contribution in [0.2, 0.25) is 0 Å². The fourth-order valence-corrected chi connectivity index (χ4v) is 1.38. The van der Waals surface area contributed by atoms with Crippen LogP contribution in [0.1, 0.15) is 15.9 Å².